The molecule has 1 aliphatic carbocycles. The number of hydrogen-bond donors (Lipinski definition) is 0. The molecule has 3 aromatic heterocycles. The van der Waals surface area contributed by atoms with Gasteiger partial charge in [-0.3, -0.25) is 0 Å². The van der Waals surface area contributed by atoms with E-state index >= 15 is 4.39 Å². The zero-order chi connectivity index (χ0) is 21.7. The molecule has 30 heavy (non-hydrogen) atoms. The van der Waals surface area contributed by atoms with Crippen LogP contribution in [0, 0.1) is 5.82 Å². The van der Waals surface area contributed by atoms with E-state index in [4.69, 9.17) is 9.15 Å². The molecule has 162 valence electrons. The molecule has 0 bridgehead atoms. The predicted molar refractivity (Wildman–Crippen MR) is 113 cm³/mol. The molecule has 0 saturated heterocycles. The van der Waals surface area contributed by atoms with E-state index in [1.165, 1.54) is 6.20 Å². The highest BCUT2D eigenvalue weighted by Gasteiger charge is 2.38. The number of aromatic nitrogens is 2. The summed E-state index contributed by atoms with van der Waals surface area (Å²) in [6, 6.07) is 1.03. The van der Waals surface area contributed by atoms with Crippen LogP contribution in [0.1, 0.15) is 17.7 Å². The SMILES string of the molecule is C[Si](C)(C)CCOCn1cc(-c2sc3c(=O)oc4c(c3c2F)CC(F)(F)CC4)cn1. The Morgan fingerprint density at radius 2 is 2.13 bits per heavy atom. The average Bonchev–Trinajstić information content (AvgIpc) is 3.23. The molecule has 3 aromatic rings. The summed E-state index contributed by atoms with van der Waals surface area (Å²) in [7, 11) is -1.19. The lowest BCUT2D eigenvalue weighted by molar-refractivity contribution is -0.0150. The minimum Gasteiger partial charge on any atom is -0.427 e. The van der Waals surface area contributed by atoms with Crippen molar-refractivity contribution in [3.8, 4) is 10.4 Å². The third kappa shape index (κ3) is 4.26. The molecular weight excluding hydrogens is 433 g/mol. The van der Waals surface area contributed by atoms with Crippen molar-refractivity contribution in [3.05, 3.63) is 40.0 Å². The van der Waals surface area contributed by atoms with Crippen molar-refractivity contribution >= 4 is 29.5 Å². The van der Waals surface area contributed by atoms with Crippen LogP contribution < -0.4 is 5.63 Å². The van der Waals surface area contributed by atoms with Crippen molar-refractivity contribution in [1.82, 2.24) is 9.78 Å². The quantitative estimate of drug-likeness (QED) is 0.373. The first kappa shape index (κ1) is 21.3. The van der Waals surface area contributed by atoms with Crippen molar-refractivity contribution in [2.75, 3.05) is 6.61 Å². The number of hydrogen-bond acceptors (Lipinski definition) is 5. The van der Waals surface area contributed by atoms with Crippen LogP contribution in [0.5, 0.6) is 0 Å². The first-order valence-corrected chi connectivity index (χ1v) is 14.3. The van der Waals surface area contributed by atoms with Gasteiger partial charge in [-0.25, -0.2) is 22.6 Å². The third-order valence-electron chi connectivity index (χ3n) is 5.16. The molecule has 0 radical (unpaired) electrons. The van der Waals surface area contributed by atoms with Gasteiger partial charge in [0.2, 0.25) is 0 Å². The molecule has 4 rings (SSSR count). The van der Waals surface area contributed by atoms with E-state index in [1.54, 1.807) is 10.9 Å². The summed E-state index contributed by atoms with van der Waals surface area (Å²) >= 11 is 0.907. The third-order valence-corrected chi connectivity index (χ3v) is 8.06. The molecule has 10 heteroatoms. The summed E-state index contributed by atoms with van der Waals surface area (Å²) in [6.07, 6.45) is 2.01. The normalized spacial score (nSPS) is 16.2. The first-order valence-electron chi connectivity index (χ1n) is 9.79. The highest BCUT2D eigenvalue weighted by molar-refractivity contribution is 7.22. The van der Waals surface area contributed by atoms with Crippen LogP contribution >= 0.6 is 11.3 Å². The molecular formula is C20H23F3N2O3SSi. The zero-order valence-electron chi connectivity index (χ0n) is 17.1. The maximum absolute atomic E-state index is 15.3. The fourth-order valence-corrected chi connectivity index (χ4v) is 5.31. The Bertz CT molecular complexity index is 1150. The standard InChI is InChI=1S/C20H23F3N2O3SSi/c1-30(2,3)7-6-27-11-25-10-12(9-24-25)17-16(21)15-13-8-20(22,23)5-4-14(13)28-19(26)18(15)29-17/h9-10H,4-8,11H2,1-3H3. The molecule has 0 spiro atoms. The highest BCUT2D eigenvalue weighted by atomic mass is 32.1. The Hall–Kier alpha value is -1.91. The molecule has 0 fully saturated rings. The van der Waals surface area contributed by atoms with Gasteiger partial charge in [0.25, 0.3) is 5.92 Å². The second-order valence-corrected chi connectivity index (χ2v) is 15.5. The maximum atomic E-state index is 15.3. The number of ether oxygens (including phenoxy) is 1. The first-order chi connectivity index (χ1) is 14.0. The fraction of sp³-hybridized carbons (Fsp3) is 0.500. The Kier molecular flexibility index (Phi) is 5.44. The van der Waals surface area contributed by atoms with Gasteiger partial charge in [0.1, 0.15) is 23.0 Å². The molecule has 0 aliphatic heterocycles. The van der Waals surface area contributed by atoms with Crippen LogP contribution in [0.3, 0.4) is 0 Å². The van der Waals surface area contributed by atoms with Crippen molar-refractivity contribution in [2.45, 2.75) is 57.6 Å². The minimum atomic E-state index is -2.94. The van der Waals surface area contributed by atoms with Gasteiger partial charge in [0, 0.05) is 56.7 Å². The number of halogens is 3. The molecule has 5 nitrogen and oxygen atoms in total. The molecule has 0 aromatic carbocycles. The van der Waals surface area contributed by atoms with E-state index in [2.05, 4.69) is 24.7 Å². The van der Waals surface area contributed by atoms with Gasteiger partial charge in [-0.2, -0.15) is 5.10 Å². The van der Waals surface area contributed by atoms with Crippen LogP contribution in [-0.2, 0) is 24.3 Å². The lowest BCUT2D eigenvalue weighted by Gasteiger charge is -2.23. The van der Waals surface area contributed by atoms with E-state index in [1.807, 2.05) is 0 Å². The van der Waals surface area contributed by atoms with E-state index in [0.717, 1.165) is 17.4 Å². The van der Waals surface area contributed by atoms with Crippen LogP contribution in [0.25, 0.3) is 20.5 Å². The molecule has 0 saturated carbocycles. The number of thiophene rings is 1. The lowest BCUT2D eigenvalue weighted by atomic mass is 9.91. The van der Waals surface area contributed by atoms with Crippen molar-refractivity contribution < 1.29 is 22.3 Å². The van der Waals surface area contributed by atoms with Crippen molar-refractivity contribution in [2.24, 2.45) is 0 Å². The topological polar surface area (TPSA) is 57.3 Å². The molecule has 0 unspecified atom stereocenters. The highest BCUT2D eigenvalue weighted by Crippen LogP contribution is 2.42. The maximum Gasteiger partial charge on any atom is 0.354 e. The lowest BCUT2D eigenvalue weighted by Crippen LogP contribution is -2.27. The van der Waals surface area contributed by atoms with Gasteiger partial charge in [-0.15, -0.1) is 11.3 Å². The average molecular weight is 457 g/mol. The summed E-state index contributed by atoms with van der Waals surface area (Å²) < 4.78 is 55.6. The van der Waals surface area contributed by atoms with E-state index in [-0.39, 0.29) is 39.4 Å². The summed E-state index contributed by atoms with van der Waals surface area (Å²) in [4.78, 5) is 12.5. The molecule has 0 N–H and O–H groups in total. The number of nitrogens with zero attached hydrogens (tertiary/aromatic N) is 2. The Labute approximate surface area is 176 Å². The van der Waals surface area contributed by atoms with Gasteiger partial charge < -0.3 is 9.15 Å². The predicted octanol–water partition coefficient (Wildman–Crippen LogP) is 5.29. The minimum absolute atomic E-state index is 0.0260. The zero-order valence-corrected chi connectivity index (χ0v) is 18.9. The Balaban J connectivity index is 1.63. The molecule has 0 amide bonds. The van der Waals surface area contributed by atoms with E-state index < -0.39 is 38.3 Å². The van der Waals surface area contributed by atoms with Gasteiger partial charge in [-0.1, -0.05) is 19.6 Å². The summed E-state index contributed by atoms with van der Waals surface area (Å²) in [5.41, 5.74) is -0.118. The van der Waals surface area contributed by atoms with Gasteiger partial charge in [0.05, 0.1) is 11.1 Å². The summed E-state index contributed by atoms with van der Waals surface area (Å²) in [5.74, 6) is -3.45. The van der Waals surface area contributed by atoms with Crippen LogP contribution in [0.15, 0.2) is 21.6 Å². The Morgan fingerprint density at radius 3 is 2.87 bits per heavy atom. The molecule has 0 atom stereocenters. The van der Waals surface area contributed by atoms with Crippen LogP contribution in [-0.4, -0.2) is 30.4 Å². The Morgan fingerprint density at radius 1 is 1.37 bits per heavy atom. The summed E-state index contributed by atoms with van der Waals surface area (Å²) in [6.45, 7) is 7.65. The van der Waals surface area contributed by atoms with Crippen LogP contribution in [0.4, 0.5) is 13.2 Å². The van der Waals surface area contributed by atoms with E-state index in [9.17, 15) is 13.6 Å². The molecule has 3 heterocycles. The monoisotopic (exact) mass is 456 g/mol. The van der Waals surface area contributed by atoms with Crippen molar-refractivity contribution in [3.63, 3.8) is 0 Å². The second kappa shape index (κ2) is 7.65. The smallest absolute Gasteiger partial charge is 0.354 e. The second-order valence-electron chi connectivity index (χ2n) is 8.89. The molecule has 1 aliphatic rings. The largest absolute Gasteiger partial charge is 0.427 e. The van der Waals surface area contributed by atoms with Gasteiger partial charge in [-0.05, 0) is 6.04 Å². The fourth-order valence-electron chi connectivity index (χ4n) is 3.49. The number of rotatable bonds is 6. The number of aryl methyl sites for hydroxylation is 1. The van der Waals surface area contributed by atoms with Gasteiger partial charge >= 0.3 is 5.63 Å². The number of alkyl halides is 2. The van der Waals surface area contributed by atoms with Crippen LogP contribution in [0.2, 0.25) is 25.7 Å². The van der Waals surface area contributed by atoms with Gasteiger partial charge in [0.15, 0.2) is 0 Å². The van der Waals surface area contributed by atoms with E-state index in [0.29, 0.717) is 12.2 Å². The summed E-state index contributed by atoms with van der Waals surface area (Å²) in [5, 5.41) is 4.15. The van der Waals surface area contributed by atoms with Crippen molar-refractivity contribution in [1.29, 1.82) is 0 Å². The number of fused-ring (bicyclic) bond motifs is 3.